The number of benzene rings is 1. The summed E-state index contributed by atoms with van der Waals surface area (Å²) >= 11 is 0. The van der Waals surface area contributed by atoms with Crippen LogP contribution in [0.15, 0.2) is 18.2 Å². The first-order valence-corrected chi connectivity index (χ1v) is 6.34. The van der Waals surface area contributed by atoms with Crippen molar-refractivity contribution in [3.05, 3.63) is 29.6 Å². The minimum absolute atomic E-state index is 0.354. The molecule has 1 N–H and O–H groups in total. The van der Waals surface area contributed by atoms with E-state index in [0.717, 1.165) is 25.2 Å². The third-order valence-electron chi connectivity index (χ3n) is 3.36. The Kier molecular flexibility index (Phi) is 4.16. The van der Waals surface area contributed by atoms with Crippen molar-refractivity contribution < 1.29 is 4.39 Å². The SMILES string of the molecule is CN(CC1CCCCN1)c1cc(F)cc(C#N)c1. The Balaban J connectivity index is 2.05. The molecule has 0 saturated carbocycles. The molecule has 1 heterocycles. The maximum absolute atomic E-state index is 13.4. The van der Waals surface area contributed by atoms with Crippen LogP contribution < -0.4 is 10.2 Å². The summed E-state index contributed by atoms with van der Waals surface area (Å²) in [6.07, 6.45) is 3.64. The molecule has 0 bridgehead atoms. The number of nitriles is 1. The summed E-state index contributed by atoms with van der Waals surface area (Å²) in [6, 6.07) is 6.90. The zero-order valence-corrected chi connectivity index (χ0v) is 10.6. The standard InChI is InChI=1S/C14H18FN3/c1-18(10-13-4-2-3-5-17-13)14-7-11(9-16)6-12(15)8-14/h6-8,13,17H,2-5,10H2,1H3. The molecule has 3 nitrogen and oxygen atoms in total. The number of rotatable bonds is 3. The van der Waals surface area contributed by atoms with Crippen molar-refractivity contribution in [3.63, 3.8) is 0 Å². The highest BCUT2D eigenvalue weighted by Crippen LogP contribution is 2.18. The van der Waals surface area contributed by atoms with Gasteiger partial charge < -0.3 is 10.2 Å². The molecule has 0 aliphatic carbocycles. The van der Waals surface area contributed by atoms with E-state index in [1.807, 2.05) is 18.0 Å². The second-order valence-electron chi connectivity index (χ2n) is 4.84. The van der Waals surface area contributed by atoms with E-state index in [-0.39, 0.29) is 5.82 Å². The van der Waals surface area contributed by atoms with Crippen molar-refractivity contribution in [2.75, 3.05) is 25.0 Å². The molecule has 1 aliphatic rings. The van der Waals surface area contributed by atoms with Gasteiger partial charge in [-0.25, -0.2) is 4.39 Å². The zero-order chi connectivity index (χ0) is 13.0. The minimum Gasteiger partial charge on any atom is -0.373 e. The molecule has 1 atom stereocenters. The van der Waals surface area contributed by atoms with Crippen LogP contribution in [-0.2, 0) is 0 Å². The molecule has 0 spiro atoms. The van der Waals surface area contributed by atoms with Gasteiger partial charge in [-0.15, -0.1) is 0 Å². The van der Waals surface area contributed by atoms with Gasteiger partial charge in [0.05, 0.1) is 11.6 Å². The molecule has 1 saturated heterocycles. The molecule has 1 aromatic carbocycles. The average Bonchev–Trinajstić information content (AvgIpc) is 2.39. The van der Waals surface area contributed by atoms with Gasteiger partial charge in [0.15, 0.2) is 0 Å². The van der Waals surface area contributed by atoms with Crippen molar-refractivity contribution >= 4 is 5.69 Å². The van der Waals surface area contributed by atoms with Gasteiger partial charge in [0, 0.05) is 25.3 Å². The number of nitrogens with one attached hydrogen (secondary N) is 1. The number of hydrogen-bond donors (Lipinski definition) is 1. The maximum atomic E-state index is 13.4. The van der Waals surface area contributed by atoms with Crippen molar-refractivity contribution in [1.82, 2.24) is 5.32 Å². The number of piperidine rings is 1. The lowest BCUT2D eigenvalue weighted by Gasteiger charge is -2.29. The van der Waals surface area contributed by atoms with Crippen LogP contribution in [0.1, 0.15) is 24.8 Å². The Labute approximate surface area is 107 Å². The Morgan fingerprint density at radius 2 is 2.28 bits per heavy atom. The summed E-state index contributed by atoms with van der Waals surface area (Å²) in [5.74, 6) is -0.354. The third-order valence-corrected chi connectivity index (χ3v) is 3.36. The lowest BCUT2D eigenvalue weighted by atomic mass is 10.0. The topological polar surface area (TPSA) is 39.1 Å². The first-order valence-electron chi connectivity index (χ1n) is 6.34. The van der Waals surface area contributed by atoms with Gasteiger partial charge in [-0.05, 0) is 37.6 Å². The van der Waals surface area contributed by atoms with E-state index >= 15 is 0 Å². The van der Waals surface area contributed by atoms with Gasteiger partial charge in [0.2, 0.25) is 0 Å². The van der Waals surface area contributed by atoms with E-state index in [2.05, 4.69) is 5.32 Å². The van der Waals surface area contributed by atoms with Crippen LogP contribution >= 0.6 is 0 Å². The van der Waals surface area contributed by atoms with E-state index in [0.29, 0.717) is 11.6 Å². The lowest BCUT2D eigenvalue weighted by Crippen LogP contribution is -2.42. The molecule has 1 aliphatic heterocycles. The summed E-state index contributed by atoms with van der Waals surface area (Å²) in [5, 5.41) is 12.3. The van der Waals surface area contributed by atoms with Crippen molar-refractivity contribution in [2.24, 2.45) is 0 Å². The molecule has 4 heteroatoms. The average molecular weight is 247 g/mol. The summed E-state index contributed by atoms with van der Waals surface area (Å²) in [4.78, 5) is 2.01. The lowest BCUT2D eigenvalue weighted by molar-refractivity contribution is 0.403. The second kappa shape index (κ2) is 5.83. The smallest absolute Gasteiger partial charge is 0.126 e. The van der Waals surface area contributed by atoms with Gasteiger partial charge in [-0.3, -0.25) is 0 Å². The van der Waals surface area contributed by atoms with E-state index in [4.69, 9.17) is 5.26 Å². The quantitative estimate of drug-likeness (QED) is 0.890. The summed E-state index contributed by atoms with van der Waals surface area (Å²) < 4.78 is 13.4. The van der Waals surface area contributed by atoms with E-state index in [9.17, 15) is 4.39 Å². The number of nitrogens with zero attached hydrogens (tertiary/aromatic N) is 2. The molecule has 1 aromatic rings. The van der Waals surface area contributed by atoms with Gasteiger partial charge in [-0.1, -0.05) is 6.42 Å². The van der Waals surface area contributed by atoms with E-state index < -0.39 is 0 Å². The van der Waals surface area contributed by atoms with Crippen LogP contribution in [0.4, 0.5) is 10.1 Å². The minimum atomic E-state index is -0.354. The van der Waals surface area contributed by atoms with Gasteiger partial charge in [-0.2, -0.15) is 5.26 Å². The highest BCUT2D eigenvalue weighted by molar-refractivity contribution is 5.51. The van der Waals surface area contributed by atoms with Crippen LogP contribution in [0, 0.1) is 17.1 Å². The number of anilines is 1. The van der Waals surface area contributed by atoms with Crippen molar-refractivity contribution in [2.45, 2.75) is 25.3 Å². The van der Waals surface area contributed by atoms with Crippen LogP contribution in [0.5, 0.6) is 0 Å². The Morgan fingerprint density at radius 3 is 2.94 bits per heavy atom. The number of hydrogen-bond acceptors (Lipinski definition) is 3. The Bertz CT molecular complexity index is 447. The van der Waals surface area contributed by atoms with Crippen molar-refractivity contribution in [3.8, 4) is 6.07 Å². The Morgan fingerprint density at radius 1 is 1.44 bits per heavy atom. The molecule has 18 heavy (non-hydrogen) atoms. The summed E-state index contributed by atoms with van der Waals surface area (Å²) in [5.41, 5.74) is 1.13. The fraction of sp³-hybridized carbons (Fsp3) is 0.500. The first-order chi connectivity index (χ1) is 8.69. The summed E-state index contributed by atoms with van der Waals surface area (Å²) in [6.45, 7) is 1.90. The third kappa shape index (κ3) is 3.21. The molecule has 0 aromatic heterocycles. The predicted molar refractivity (Wildman–Crippen MR) is 70.0 cm³/mol. The van der Waals surface area contributed by atoms with E-state index in [1.54, 1.807) is 6.07 Å². The monoisotopic (exact) mass is 247 g/mol. The van der Waals surface area contributed by atoms with Gasteiger partial charge >= 0.3 is 0 Å². The molecule has 96 valence electrons. The largest absolute Gasteiger partial charge is 0.373 e. The van der Waals surface area contributed by atoms with Crippen LogP contribution in [0.2, 0.25) is 0 Å². The highest BCUT2D eigenvalue weighted by atomic mass is 19.1. The highest BCUT2D eigenvalue weighted by Gasteiger charge is 2.15. The molecule has 1 fully saturated rings. The molecule has 1 unspecified atom stereocenters. The van der Waals surface area contributed by atoms with Crippen LogP contribution in [-0.4, -0.2) is 26.2 Å². The zero-order valence-electron chi connectivity index (χ0n) is 10.6. The maximum Gasteiger partial charge on any atom is 0.126 e. The molecule has 2 rings (SSSR count). The fourth-order valence-electron chi connectivity index (χ4n) is 2.37. The Hall–Kier alpha value is -1.60. The normalized spacial score (nSPS) is 19.3. The molecule has 0 amide bonds. The number of likely N-dealkylation sites (N-methyl/N-ethyl adjacent to an activating group) is 1. The van der Waals surface area contributed by atoms with Crippen LogP contribution in [0.3, 0.4) is 0 Å². The molecular weight excluding hydrogens is 229 g/mol. The first kappa shape index (κ1) is 12.8. The fourth-order valence-corrected chi connectivity index (χ4v) is 2.37. The van der Waals surface area contributed by atoms with Crippen LogP contribution in [0.25, 0.3) is 0 Å². The predicted octanol–water partition coefficient (Wildman–Crippen LogP) is 2.28. The second-order valence-corrected chi connectivity index (χ2v) is 4.84. The van der Waals surface area contributed by atoms with E-state index in [1.165, 1.54) is 25.0 Å². The van der Waals surface area contributed by atoms with Gasteiger partial charge in [0.1, 0.15) is 5.82 Å². The number of halogens is 1. The van der Waals surface area contributed by atoms with Crippen molar-refractivity contribution in [1.29, 1.82) is 5.26 Å². The molecule has 0 radical (unpaired) electrons. The van der Waals surface area contributed by atoms with Gasteiger partial charge in [0.25, 0.3) is 0 Å². The summed E-state index contributed by atoms with van der Waals surface area (Å²) in [7, 11) is 1.94. The molecular formula is C14H18FN3.